The number of benzene rings is 2. The van der Waals surface area contributed by atoms with Crippen LogP contribution in [0.5, 0.6) is 0 Å². The van der Waals surface area contributed by atoms with E-state index >= 15 is 0 Å². The van der Waals surface area contributed by atoms with Crippen LogP contribution in [0.4, 0.5) is 5.69 Å². The molecule has 0 aromatic heterocycles. The number of nitrogens with zero attached hydrogens (tertiary/aromatic N) is 1. The van der Waals surface area contributed by atoms with E-state index in [4.69, 9.17) is 17.3 Å². The second-order valence-electron chi connectivity index (χ2n) is 6.64. The van der Waals surface area contributed by atoms with Gasteiger partial charge in [-0.05, 0) is 62.2 Å². The number of nitrogens with two attached hydrogens (primary N) is 1. The van der Waals surface area contributed by atoms with Crippen molar-refractivity contribution in [2.24, 2.45) is 0 Å². The molecule has 0 heterocycles. The lowest BCUT2D eigenvalue weighted by molar-refractivity contribution is 0.440. The highest BCUT2D eigenvalue weighted by molar-refractivity contribution is 9.10. The Hall–Kier alpha value is -0.880. The van der Waals surface area contributed by atoms with Gasteiger partial charge in [0.2, 0.25) is 0 Å². The van der Waals surface area contributed by atoms with Gasteiger partial charge in [0, 0.05) is 22.2 Å². The molecule has 0 aliphatic heterocycles. The van der Waals surface area contributed by atoms with Crippen molar-refractivity contribution in [2.75, 3.05) is 12.8 Å². The smallest absolute Gasteiger partial charge is 0.100 e. The maximum Gasteiger partial charge on any atom is 0.100 e. The summed E-state index contributed by atoms with van der Waals surface area (Å²) in [6.45, 7) is 5.88. The van der Waals surface area contributed by atoms with Gasteiger partial charge in [-0.2, -0.15) is 0 Å². The van der Waals surface area contributed by atoms with E-state index in [0.717, 1.165) is 15.6 Å². The van der Waals surface area contributed by atoms with Crippen molar-refractivity contribution in [2.45, 2.75) is 31.6 Å². The first-order valence-corrected chi connectivity index (χ1v) is 9.84. The maximum absolute atomic E-state index is 13.0. The second kappa shape index (κ2) is 7.56. The highest BCUT2D eigenvalue weighted by Crippen LogP contribution is 2.36. The molecule has 0 saturated carbocycles. The molecular formula is C18H22BrClN2OS. The first-order chi connectivity index (χ1) is 11.1. The first-order valence-electron chi connectivity index (χ1n) is 7.56. The van der Waals surface area contributed by atoms with Crippen LogP contribution in [0.15, 0.2) is 46.9 Å². The Morgan fingerprint density at radius 3 is 2.29 bits per heavy atom. The third-order valence-corrected chi connectivity index (χ3v) is 6.21. The van der Waals surface area contributed by atoms with Gasteiger partial charge in [-0.1, -0.05) is 39.7 Å². The SMILES string of the molecule is CN([C@@H](c1ccc(Cl)cc1)c1cc(Br)ccc1N)[S@@](=O)C(C)(C)C. The van der Waals surface area contributed by atoms with E-state index in [1.807, 2.05) is 74.6 Å². The van der Waals surface area contributed by atoms with E-state index in [1.165, 1.54) is 0 Å². The van der Waals surface area contributed by atoms with E-state index in [2.05, 4.69) is 15.9 Å². The van der Waals surface area contributed by atoms with Crippen LogP contribution in [0.1, 0.15) is 37.9 Å². The third kappa shape index (κ3) is 4.39. The summed E-state index contributed by atoms with van der Waals surface area (Å²) >= 11 is 9.53. The predicted molar refractivity (Wildman–Crippen MR) is 108 cm³/mol. The fourth-order valence-electron chi connectivity index (χ4n) is 2.54. The fourth-order valence-corrected chi connectivity index (χ4v) is 4.34. The van der Waals surface area contributed by atoms with Crippen molar-refractivity contribution < 1.29 is 4.21 Å². The maximum atomic E-state index is 13.0. The van der Waals surface area contributed by atoms with Gasteiger partial charge in [-0.15, -0.1) is 0 Å². The molecule has 3 nitrogen and oxygen atoms in total. The van der Waals surface area contributed by atoms with Gasteiger partial charge >= 0.3 is 0 Å². The lowest BCUT2D eigenvalue weighted by Gasteiger charge is -2.33. The minimum atomic E-state index is -1.20. The van der Waals surface area contributed by atoms with Crippen molar-refractivity contribution >= 4 is 44.2 Å². The molecule has 2 N–H and O–H groups in total. The molecule has 0 amide bonds. The molecule has 0 unspecified atom stereocenters. The topological polar surface area (TPSA) is 46.3 Å². The summed E-state index contributed by atoms with van der Waals surface area (Å²) in [7, 11) is 0.658. The van der Waals surface area contributed by atoms with Crippen LogP contribution in [0.3, 0.4) is 0 Å². The quantitative estimate of drug-likeness (QED) is 0.682. The molecular weight excluding hydrogens is 408 g/mol. The first kappa shape index (κ1) is 19.4. The van der Waals surface area contributed by atoms with Gasteiger partial charge < -0.3 is 5.73 Å². The monoisotopic (exact) mass is 428 g/mol. The molecule has 2 aromatic carbocycles. The average molecular weight is 430 g/mol. The Morgan fingerprint density at radius 2 is 1.75 bits per heavy atom. The number of halogens is 2. The number of nitrogen functional groups attached to an aromatic ring is 1. The van der Waals surface area contributed by atoms with E-state index in [0.29, 0.717) is 10.7 Å². The van der Waals surface area contributed by atoms with Crippen LogP contribution in [-0.4, -0.2) is 20.3 Å². The van der Waals surface area contributed by atoms with Crippen LogP contribution in [0.2, 0.25) is 5.02 Å². The standard InChI is InChI=1S/C18H22BrClN2OS/c1-18(2,3)24(23)22(4)17(12-5-8-14(20)9-6-12)15-11-13(19)7-10-16(15)21/h5-11,17H,21H2,1-4H3/t17-,24-/m0/s1. The Morgan fingerprint density at radius 1 is 1.17 bits per heavy atom. The van der Waals surface area contributed by atoms with E-state index < -0.39 is 11.0 Å². The molecule has 130 valence electrons. The van der Waals surface area contributed by atoms with Gasteiger partial charge in [-0.25, -0.2) is 8.51 Å². The third-order valence-electron chi connectivity index (χ3n) is 3.68. The van der Waals surface area contributed by atoms with Crippen LogP contribution >= 0.6 is 27.5 Å². The Kier molecular flexibility index (Phi) is 6.13. The summed E-state index contributed by atoms with van der Waals surface area (Å²) in [4.78, 5) is 0. The number of rotatable bonds is 4. The highest BCUT2D eigenvalue weighted by atomic mass is 79.9. The molecule has 0 spiro atoms. The minimum Gasteiger partial charge on any atom is -0.398 e. The predicted octanol–water partition coefficient (Wildman–Crippen LogP) is 5.17. The number of hydrogen-bond donors (Lipinski definition) is 1. The Bertz CT molecular complexity index is 744. The number of anilines is 1. The highest BCUT2D eigenvalue weighted by Gasteiger charge is 2.31. The van der Waals surface area contributed by atoms with E-state index in [9.17, 15) is 4.21 Å². The molecule has 0 aliphatic carbocycles. The Labute approximate surface area is 159 Å². The molecule has 2 atom stereocenters. The molecule has 24 heavy (non-hydrogen) atoms. The summed E-state index contributed by atoms with van der Waals surface area (Å²) in [5.41, 5.74) is 8.79. The van der Waals surface area contributed by atoms with Gasteiger partial charge in [0.1, 0.15) is 11.0 Å². The van der Waals surface area contributed by atoms with Crippen molar-refractivity contribution in [1.82, 2.24) is 4.31 Å². The molecule has 2 rings (SSSR count). The van der Waals surface area contributed by atoms with Crippen molar-refractivity contribution in [3.05, 3.63) is 63.1 Å². The zero-order chi connectivity index (χ0) is 18.1. The van der Waals surface area contributed by atoms with Crippen LogP contribution in [-0.2, 0) is 11.0 Å². The molecule has 2 aromatic rings. The summed E-state index contributed by atoms with van der Waals surface area (Å²) in [6, 6.07) is 13.1. The summed E-state index contributed by atoms with van der Waals surface area (Å²) in [5, 5.41) is 0.666. The summed E-state index contributed by atoms with van der Waals surface area (Å²) in [6.07, 6.45) is 0. The van der Waals surface area contributed by atoms with Crippen molar-refractivity contribution in [1.29, 1.82) is 0 Å². The fraction of sp³-hybridized carbons (Fsp3) is 0.333. The molecule has 0 fully saturated rings. The second-order valence-corrected chi connectivity index (χ2v) is 10.3. The van der Waals surface area contributed by atoms with Gasteiger partial charge in [0.25, 0.3) is 0 Å². The molecule has 0 radical (unpaired) electrons. The van der Waals surface area contributed by atoms with Crippen LogP contribution in [0.25, 0.3) is 0 Å². The largest absolute Gasteiger partial charge is 0.398 e. The van der Waals surface area contributed by atoms with Crippen molar-refractivity contribution in [3.8, 4) is 0 Å². The van der Waals surface area contributed by atoms with Gasteiger partial charge in [0.15, 0.2) is 0 Å². The normalized spacial score (nSPS) is 14.6. The molecule has 0 aliphatic rings. The molecule has 0 bridgehead atoms. The Balaban J connectivity index is 2.59. The zero-order valence-electron chi connectivity index (χ0n) is 14.2. The van der Waals surface area contributed by atoms with Gasteiger partial charge in [0.05, 0.1) is 10.8 Å². The average Bonchev–Trinajstić information content (AvgIpc) is 2.51. The number of hydrogen-bond acceptors (Lipinski definition) is 2. The summed E-state index contributed by atoms with van der Waals surface area (Å²) in [5.74, 6) is 0. The van der Waals surface area contributed by atoms with Crippen LogP contribution < -0.4 is 5.73 Å². The minimum absolute atomic E-state index is 0.236. The van der Waals surface area contributed by atoms with Crippen molar-refractivity contribution in [3.63, 3.8) is 0 Å². The van der Waals surface area contributed by atoms with Gasteiger partial charge in [-0.3, -0.25) is 0 Å². The zero-order valence-corrected chi connectivity index (χ0v) is 17.4. The lowest BCUT2D eigenvalue weighted by atomic mass is 9.97. The van der Waals surface area contributed by atoms with E-state index in [-0.39, 0.29) is 10.8 Å². The molecule has 0 saturated heterocycles. The van der Waals surface area contributed by atoms with E-state index in [1.54, 1.807) is 0 Å². The summed E-state index contributed by atoms with van der Waals surface area (Å²) < 4.78 is 15.4. The van der Waals surface area contributed by atoms with Crippen LogP contribution in [0, 0.1) is 0 Å². The lowest BCUT2D eigenvalue weighted by Crippen LogP contribution is -2.38. The molecule has 6 heteroatoms.